The number of nitrogens with one attached hydrogen (secondary N) is 1. The lowest BCUT2D eigenvalue weighted by atomic mass is 9.99. The SMILES string of the molecule is C[C@@H]1Cc2nn3c(c2CN1C(=O)Nc1cc(C(F)(F)F)ccc1F)C(=O)N(C)O[C@H](CO)C3. The molecule has 0 bridgehead atoms. The molecule has 2 aromatic rings. The van der Waals surface area contributed by atoms with E-state index in [1.165, 1.54) is 16.6 Å². The van der Waals surface area contributed by atoms with E-state index in [2.05, 4.69) is 10.4 Å². The van der Waals surface area contributed by atoms with Crippen LogP contribution in [-0.4, -0.2) is 62.6 Å². The lowest BCUT2D eigenvalue weighted by Crippen LogP contribution is -2.45. The lowest BCUT2D eigenvalue weighted by molar-refractivity contribution is -0.159. The topological polar surface area (TPSA) is 99.9 Å². The van der Waals surface area contributed by atoms with Crippen LogP contribution in [0, 0.1) is 5.82 Å². The van der Waals surface area contributed by atoms with E-state index in [9.17, 15) is 32.3 Å². The van der Waals surface area contributed by atoms with Gasteiger partial charge in [-0.3, -0.25) is 14.3 Å². The molecule has 2 aliphatic rings. The first-order chi connectivity index (χ1) is 15.5. The molecule has 13 heteroatoms. The van der Waals surface area contributed by atoms with Crippen LogP contribution in [-0.2, 0) is 30.5 Å². The number of rotatable bonds is 2. The fourth-order valence-electron chi connectivity index (χ4n) is 3.96. The van der Waals surface area contributed by atoms with Crippen molar-refractivity contribution in [3.63, 3.8) is 0 Å². The van der Waals surface area contributed by atoms with Crippen LogP contribution in [0.5, 0.6) is 0 Å². The number of benzene rings is 1. The second kappa shape index (κ2) is 8.30. The summed E-state index contributed by atoms with van der Waals surface area (Å²) in [5.74, 6) is -1.52. The Morgan fingerprint density at radius 2 is 2.09 bits per heavy atom. The van der Waals surface area contributed by atoms with Crippen LogP contribution in [0.2, 0.25) is 0 Å². The van der Waals surface area contributed by atoms with Crippen molar-refractivity contribution in [3.8, 4) is 0 Å². The van der Waals surface area contributed by atoms with Gasteiger partial charge in [0.05, 0.1) is 36.6 Å². The molecule has 3 heterocycles. The van der Waals surface area contributed by atoms with Gasteiger partial charge >= 0.3 is 12.2 Å². The minimum Gasteiger partial charge on any atom is -0.393 e. The van der Waals surface area contributed by atoms with Crippen molar-refractivity contribution in [2.45, 2.75) is 44.8 Å². The Labute approximate surface area is 185 Å². The number of fused-ring (bicyclic) bond motifs is 3. The molecule has 1 aromatic heterocycles. The predicted octanol–water partition coefficient (Wildman–Crippen LogP) is 2.40. The summed E-state index contributed by atoms with van der Waals surface area (Å²) in [7, 11) is 1.40. The van der Waals surface area contributed by atoms with E-state index in [-0.39, 0.29) is 31.8 Å². The zero-order valence-corrected chi connectivity index (χ0v) is 17.7. The van der Waals surface area contributed by atoms with Crippen LogP contribution < -0.4 is 5.32 Å². The number of halogens is 4. The third-order valence-electron chi connectivity index (χ3n) is 5.66. The highest BCUT2D eigenvalue weighted by Gasteiger charge is 2.38. The van der Waals surface area contributed by atoms with Crippen molar-refractivity contribution in [2.24, 2.45) is 0 Å². The second-order valence-electron chi connectivity index (χ2n) is 7.97. The number of hydrogen-bond acceptors (Lipinski definition) is 5. The number of aliphatic hydroxyl groups is 1. The zero-order valence-electron chi connectivity index (χ0n) is 17.7. The Morgan fingerprint density at radius 1 is 1.36 bits per heavy atom. The molecule has 0 radical (unpaired) electrons. The van der Waals surface area contributed by atoms with Gasteiger partial charge in [0.2, 0.25) is 0 Å². The Hall–Kier alpha value is -3.19. The number of anilines is 1. The summed E-state index contributed by atoms with van der Waals surface area (Å²) in [5.41, 5.74) is -0.448. The number of urea groups is 1. The molecule has 0 unspecified atom stereocenters. The number of hydroxylamine groups is 2. The number of amides is 3. The Morgan fingerprint density at radius 3 is 2.76 bits per heavy atom. The highest BCUT2D eigenvalue weighted by atomic mass is 19.4. The van der Waals surface area contributed by atoms with Crippen molar-refractivity contribution in [3.05, 3.63) is 46.5 Å². The zero-order chi connectivity index (χ0) is 24.1. The fourth-order valence-corrected chi connectivity index (χ4v) is 3.96. The van der Waals surface area contributed by atoms with E-state index in [1.807, 2.05) is 0 Å². The summed E-state index contributed by atoms with van der Waals surface area (Å²) in [6.07, 6.45) is -5.12. The maximum atomic E-state index is 14.1. The predicted molar refractivity (Wildman–Crippen MR) is 105 cm³/mol. The quantitative estimate of drug-likeness (QED) is 0.656. The van der Waals surface area contributed by atoms with E-state index in [4.69, 9.17) is 4.84 Å². The standard InChI is InChI=1S/C20H21F4N5O4/c1-10-5-15-13(17-18(31)27(2)33-12(9-30)7-29(17)26-15)8-28(10)19(32)25-16-6-11(20(22,23)24)3-4-14(16)21/h3-4,6,10,12,30H,5,7-9H2,1-2H3,(H,25,32)/t10-,12+/m1/s1. The van der Waals surface area contributed by atoms with Crippen molar-refractivity contribution in [1.29, 1.82) is 0 Å². The molecule has 4 rings (SSSR count). The van der Waals surface area contributed by atoms with Gasteiger partial charge in [-0.25, -0.2) is 14.2 Å². The first-order valence-electron chi connectivity index (χ1n) is 10.1. The molecule has 2 atom stereocenters. The minimum absolute atomic E-state index is 0.0678. The van der Waals surface area contributed by atoms with Crippen LogP contribution >= 0.6 is 0 Å². The lowest BCUT2D eigenvalue weighted by Gasteiger charge is -2.33. The summed E-state index contributed by atoms with van der Waals surface area (Å²) >= 11 is 0. The van der Waals surface area contributed by atoms with Crippen LogP contribution in [0.4, 0.5) is 28.0 Å². The Bertz CT molecular complexity index is 1100. The van der Waals surface area contributed by atoms with Gasteiger partial charge in [0.1, 0.15) is 17.6 Å². The van der Waals surface area contributed by atoms with Crippen molar-refractivity contribution >= 4 is 17.6 Å². The molecular weight excluding hydrogens is 450 g/mol. The normalized spacial score (nSPS) is 20.9. The van der Waals surface area contributed by atoms with E-state index in [0.717, 1.165) is 5.06 Å². The smallest absolute Gasteiger partial charge is 0.393 e. The highest BCUT2D eigenvalue weighted by molar-refractivity contribution is 5.94. The first-order valence-corrected chi connectivity index (χ1v) is 10.1. The maximum absolute atomic E-state index is 14.1. The molecular formula is C20H21F4N5O4. The highest BCUT2D eigenvalue weighted by Crippen LogP contribution is 2.33. The number of aromatic nitrogens is 2. The molecule has 178 valence electrons. The van der Waals surface area contributed by atoms with Gasteiger partial charge in [0.15, 0.2) is 0 Å². The molecule has 0 aliphatic carbocycles. The van der Waals surface area contributed by atoms with Crippen LogP contribution in [0.1, 0.15) is 34.2 Å². The Balaban J connectivity index is 1.62. The van der Waals surface area contributed by atoms with Gasteiger partial charge in [-0.05, 0) is 25.1 Å². The fraction of sp³-hybridized carbons (Fsp3) is 0.450. The molecule has 0 spiro atoms. The van der Waals surface area contributed by atoms with Gasteiger partial charge in [0, 0.05) is 25.1 Å². The molecule has 0 fully saturated rings. The third-order valence-corrected chi connectivity index (χ3v) is 5.66. The van der Waals surface area contributed by atoms with E-state index >= 15 is 0 Å². The summed E-state index contributed by atoms with van der Waals surface area (Å²) in [6, 6.07) is 0.518. The van der Waals surface area contributed by atoms with Crippen LogP contribution in [0.25, 0.3) is 0 Å². The van der Waals surface area contributed by atoms with Gasteiger partial charge < -0.3 is 15.3 Å². The first kappa shape index (κ1) is 23.0. The largest absolute Gasteiger partial charge is 0.416 e. The van der Waals surface area contributed by atoms with Crippen molar-refractivity contribution < 1.29 is 37.1 Å². The molecule has 0 saturated carbocycles. The average Bonchev–Trinajstić information content (AvgIpc) is 3.03. The second-order valence-corrected chi connectivity index (χ2v) is 7.97. The summed E-state index contributed by atoms with van der Waals surface area (Å²) in [6.45, 7) is 1.42. The third kappa shape index (κ3) is 4.25. The number of carbonyl (C=O) groups excluding carboxylic acids is 2. The number of carbonyl (C=O) groups is 2. The molecule has 3 amide bonds. The van der Waals surface area contributed by atoms with Crippen LogP contribution in [0.15, 0.2) is 18.2 Å². The van der Waals surface area contributed by atoms with Gasteiger partial charge in [-0.1, -0.05) is 0 Å². The van der Waals surface area contributed by atoms with Crippen molar-refractivity contribution in [2.75, 3.05) is 19.0 Å². The number of hydrogen-bond donors (Lipinski definition) is 2. The molecule has 9 nitrogen and oxygen atoms in total. The van der Waals surface area contributed by atoms with Gasteiger partial charge in [0.25, 0.3) is 5.91 Å². The molecule has 0 saturated heterocycles. The monoisotopic (exact) mass is 471 g/mol. The van der Waals surface area contributed by atoms with E-state index in [1.54, 1.807) is 6.92 Å². The Kier molecular flexibility index (Phi) is 5.78. The summed E-state index contributed by atoms with van der Waals surface area (Å²) in [5, 5.41) is 17.1. The molecule has 33 heavy (non-hydrogen) atoms. The molecule has 2 N–H and O–H groups in total. The van der Waals surface area contributed by atoms with E-state index in [0.29, 0.717) is 29.5 Å². The molecule has 1 aromatic carbocycles. The summed E-state index contributed by atoms with van der Waals surface area (Å²) < 4.78 is 54.5. The number of nitrogens with zero attached hydrogens (tertiary/aromatic N) is 4. The van der Waals surface area contributed by atoms with Gasteiger partial charge in [-0.2, -0.15) is 18.3 Å². The van der Waals surface area contributed by atoms with Crippen molar-refractivity contribution in [1.82, 2.24) is 19.7 Å². The number of alkyl halides is 3. The number of aliphatic hydroxyl groups excluding tert-OH is 1. The van der Waals surface area contributed by atoms with Crippen LogP contribution in [0.3, 0.4) is 0 Å². The average molecular weight is 471 g/mol. The maximum Gasteiger partial charge on any atom is 0.416 e. The summed E-state index contributed by atoms with van der Waals surface area (Å²) in [4.78, 5) is 32.4. The minimum atomic E-state index is -4.70. The van der Waals surface area contributed by atoms with Gasteiger partial charge in [-0.15, -0.1) is 0 Å². The molecule has 2 aliphatic heterocycles. The van der Waals surface area contributed by atoms with E-state index < -0.39 is 47.3 Å².